The SMILES string of the molecule is CCCNc1ccc(Cl)cc1C(=O)N(C)CC. The van der Waals surface area contributed by atoms with Crippen LogP contribution < -0.4 is 5.32 Å². The Morgan fingerprint density at radius 1 is 1.41 bits per heavy atom. The predicted octanol–water partition coefficient (Wildman–Crippen LogP) is 3.25. The lowest BCUT2D eigenvalue weighted by Gasteiger charge is -2.18. The number of nitrogens with zero attached hydrogens (tertiary/aromatic N) is 1. The summed E-state index contributed by atoms with van der Waals surface area (Å²) in [6.45, 7) is 5.56. The molecule has 0 atom stereocenters. The fourth-order valence-electron chi connectivity index (χ4n) is 1.46. The normalized spacial score (nSPS) is 10.1. The third-order valence-electron chi connectivity index (χ3n) is 2.60. The lowest BCUT2D eigenvalue weighted by atomic mass is 10.1. The summed E-state index contributed by atoms with van der Waals surface area (Å²) < 4.78 is 0. The largest absolute Gasteiger partial charge is 0.384 e. The predicted molar refractivity (Wildman–Crippen MR) is 72.9 cm³/mol. The fourth-order valence-corrected chi connectivity index (χ4v) is 1.63. The first-order valence-electron chi connectivity index (χ1n) is 5.89. The van der Waals surface area contributed by atoms with Gasteiger partial charge in [0, 0.05) is 30.8 Å². The highest BCUT2D eigenvalue weighted by molar-refractivity contribution is 6.31. The van der Waals surface area contributed by atoms with Crippen molar-refractivity contribution in [2.24, 2.45) is 0 Å². The number of amides is 1. The van der Waals surface area contributed by atoms with Crippen LogP contribution in [0.2, 0.25) is 5.02 Å². The summed E-state index contributed by atoms with van der Waals surface area (Å²) in [7, 11) is 1.78. The number of carbonyl (C=O) groups excluding carboxylic acids is 1. The van der Waals surface area contributed by atoms with Crippen LogP contribution in [0.15, 0.2) is 18.2 Å². The molecule has 0 bridgehead atoms. The fraction of sp³-hybridized carbons (Fsp3) is 0.462. The second kappa shape index (κ2) is 6.50. The van der Waals surface area contributed by atoms with Gasteiger partial charge in [-0.05, 0) is 31.5 Å². The Balaban J connectivity index is 3.01. The molecule has 0 unspecified atom stereocenters. The molecule has 17 heavy (non-hydrogen) atoms. The second-order valence-electron chi connectivity index (χ2n) is 3.94. The standard InChI is InChI=1S/C13H19ClN2O/c1-4-8-15-12-7-6-10(14)9-11(12)13(17)16(3)5-2/h6-7,9,15H,4-5,8H2,1-3H3. The Kier molecular flexibility index (Phi) is 5.29. The Morgan fingerprint density at radius 2 is 2.12 bits per heavy atom. The molecule has 0 aromatic heterocycles. The molecule has 1 aromatic rings. The number of carbonyl (C=O) groups is 1. The molecule has 0 aliphatic carbocycles. The Labute approximate surface area is 108 Å². The van der Waals surface area contributed by atoms with Crippen molar-refractivity contribution in [2.75, 3.05) is 25.5 Å². The minimum Gasteiger partial charge on any atom is -0.384 e. The molecule has 1 aromatic carbocycles. The molecule has 0 saturated heterocycles. The van der Waals surface area contributed by atoms with Gasteiger partial charge in [0.2, 0.25) is 0 Å². The molecule has 0 aliphatic rings. The summed E-state index contributed by atoms with van der Waals surface area (Å²) >= 11 is 5.94. The van der Waals surface area contributed by atoms with Gasteiger partial charge in [0.15, 0.2) is 0 Å². The number of rotatable bonds is 5. The van der Waals surface area contributed by atoms with E-state index in [0.717, 1.165) is 18.7 Å². The van der Waals surface area contributed by atoms with Gasteiger partial charge in [-0.15, -0.1) is 0 Å². The van der Waals surface area contributed by atoms with Crippen LogP contribution in [0.5, 0.6) is 0 Å². The number of benzene rings is 1. The minimum atomic E-state index is -0.00592. The number of hydrogen-bond acceptors (Lipinski definition) is 2. The maximum atomic E-state index is 12.1. The first kappa shape index (κ1) is 13.8. The molecular formula is C13H19ClN2O. The summed E-state index contributed by atoms with van der Waals surface area (Å²) in [5.41, 5.74) is 1.48. The topological polar surface area (TPSA) is 32.3 Å². The quantitative estimate of drug-likeness (QED) is 0.875. The zero-order valence-electron chi connectivity index (χ0n) is 10.6. The molecule has 0 radical (unpaired) electrons. The summed E-state index contributed by atoms with van der Waals surface area (Å²) in [5.74, 6) is -0.00592. The smallest absolute Gasteiger partial charge is 0.255 e. The molecule has 0 spiro atoms. The van der Waals surface area contributed by atoms with Gasteiger partial charge in [0.1, 0.15) is 0 Å². The van der Waals surface area contributed by atoms with Gasteiger partial charge in [-0.1, -0.05) is 18.5 Å². The summed E-state index contributed by atoms with van der Waals surface area (Å²) in [5, 5.41) is 3.83. The minimum absolute atomic E-state index is 0.00592. The van der Waals surface area contributed by atoms with Crippen molar-refractivity contribution in [1.82, 2.24) is 4.90 Å². The van der Waals surface area contributed by atoms with Gasteiger partial charge in [-0.3, -0.25) is 4.79 Å². The molecule has 0 fully saturated rings. The Hall–Kier alpha value is -1.22. The van der Waals surface area contributed by atoms with E-state index in [1.165, 1.54) is 0 Å². The highest BCUT2D eigenvalue weighted by Crippen LogP contribution is 2.22. The van der Waals surface area contributed by atoms with E-state index < -0.39 is 0 Å². The van der Waals surface area contributed by atoms with Crippen LogP contribution in [0.3, 0.4) is 0 Å². The van der Waals surface area contributed by atoms with Gasteiger partial charge in [0.05, 0.1) is 5.56 Å². The third kappa shape index (κ3) is 3.63. The van der Waals surface area contributed by atoms with Gasteiger partial charge >= 0.3 is 0 Å². The van der Waals surface area contributed by atoms with Crippen LogP contribution in [0.4, 0.5) is 5.69 Å². The van der Waals surface area contributed by atoms with Gasteiger partial charge in [-0.25, -0.2) is 0 Å². The number of hydrogen-bond donors (Lipinski definition) is 1. The molecule has 3 nitrogen and oxygen atoms in total. The second-order valence-corrected chi connectivity index (χ2v) is 4.37. The van der Waals surface area contributed by atoms with E-state index in [9.17, 15) is 4.79 Å². The van der Waals surface area contributed by atoms with Gasteiger partial charge < -0.3 is 10.2 Å². The molecule has 4 heteroatoms. The first-order chi connectivity index (χ1) is 8.10. The number of halogens is 1. The summed E-state index contributed by atoms with van der Waals surface area (Å²) in [6.07, 6.45) is 1.01. The van der Waals surface area contributed by atoms with Crippen LogP contribution in [0.25, 0.3) is 0 Å². The van der Waals surface area contributed by atoms with Crippen LogP contribution in [-0.4, -0.2) is 30.9 Å². The summed E-state index contributed by atoms with van der Waals surface area (Å²) in [4.78, 5) is 13.8. The number of anilines is 1. The highest BCUT2D eigenvalue weighted by atomic mass is 35.5. The van der Waals surface area contributed by atoms with E-state index in [1.807, 2.05) is 13.0 Å². The Morgan fingerprint density at radius 3 is 2.71 bits per heavy atom. The maximum absolute atomic E-state index is 12.1. The van der Waals surface area contributed by atoms with Crippen molar-refractivity contribution >= 4 is 23.2 Å². The van der Waals surface area contributed by atoms with Gasteiger partial charge in [-0.2, -0.15) is 0 Å². The van der Waals surface area contributed by atoms with Crippen molar-refractivity contribution in [3.05, 3.63) is 28.8 Å². The lowest BCUT2D eigenvalue weighted by Crippen LogP contribution is -2.27. The van der Waals surface area contributed by atoms with Crippen molar-refractivity contribution < 1.29 is 4.79 Å². The van der Waals surface area contributed by atoms with E-state index in [4.69, 9.17) is 11.6 Å². The van der Waals surface area contributed by atoms with Crippen molar-refractivity contribution in [3.63, 3.8) is 0 Å². The lowest BCUT2D eigenvalue weighted by molar-refractivity contribution is 0.0803. The first-order valence-corrected chi connectivity index (χ1v) is 6.26. The van der Waals surface area contributed by atoms with E-state index >= 15 is 0 Å². The molecule has 0 heterocycles. The van der Waals surface area contributed by atoms with E-state index in [1.54, 1.807) is 24.1 Å². The molecule has 94 valence electrons. The molecule has 0 saturated carbocycles. The summed E-state index contributed by atoms with van der Waals surface area (Å²) in [6, 6.07) is 5.37. The van der Waals surface area contributed by atoms with E-state index in [2.05, 4.69) is 12.2 Å². The molecule has 1 rings (SSSR count). The average molecular weight is 255 g/mol. The van der Waals surface area contributed by atoms with Gasteiger partial charge in [0.25, 0.3) is 5.91 Å². The monoisotopic (exact) mass is 254 g/mol. The number of nitrogens with one attached hydrogen (secondary N) is 1. The molecule has 0 aliphatic heterocycles. The molecular weight excluding hydrogens is 236 g/mol. The van der Waals surface area contributed by atoms with E-state index in [0.29, 0.717) is 17.1 Å². The van der Waals surface area contributed by atoms with Crippen LogP contribution in [0, 0.1) is 0 Å². The molecule has 1 amide bonds. The maximum Gasteiger partial charge on any atom is 0.255 e. The van der Waals surface area contributed by atoms with Crippen LogP contribution in [0.1, 0.15) is 30.6 Å². The zero-order valence-corrected chi connectivity index (χ0v) is 11.3. The van der Waals surface area contributed by atoms with Crippen LogP contribution >= 0.6 is 11.6 Å². The van der Waals surface area contributed by atoms with Crippen molar-refractivity contribution in [2.45, 2.75) is 20.3 Å². The van der Waals surface area contributed by atoms with Crippen LogP contribution in [-0.2, 0) is 0 Å². The van der Waals surface area contributed by atoms with E-state index in [-0.39, 0.29) is 5.91 Å². The molecule has 1 N–H and O–H groups in total. The zero-order chi connectivity index (χ0) is 12.8. The van der Waals surface area contributed by atoms with Crippen molar-refractivity contribution in [3.8, 4) is 0 Å². The third-order valence-corrected chi connectivity index (χ3v) is 2.83. The average Bonchev–Trinajstić information content (AvgIpc) is 2.35. The van der Waals surface area contributed by atoms with Crippen molar-refractivity contribution in [1.29, 1.82) is 0 Å². The Bertz CT molecular complexity index is 393. The highest BCUT2D eigenvalue weighted by Gasteiger charge is 2.14.